The quantitative estimate of drug-likeness (QED) is 0.744. The second-order valence-electron chi connectivity index (χ2n) is 4.80. The third-order valence-electron chi connectivity index (χ3n) is 3.49. The van der Waals surface area contributed by atoms with Crippen LogP contribution >= 0.6 is 0 Å². The number of nitriles is 1. The Labute approximate surface area is 103 Å². The van der Waals surface area contributed by atoms with Gasteiger partial charge < -0.3 is 9.64 Å². The van der Waals surface area contributed by atoms with Gasteiger partial charge in [-0.25, -0.2) is 0 Å². The molecular formula is C14H18N2O. The molecule has 0 fully saturated rings. The number of fused-ring (bicyclic) bond motifs is 1. The van der Waals surface area contributed by atoms with Gasteiger partial charge in [0.25, 0.3) is 0 Å². The molecule has 2 rings (SSSR count). The monoisotopic (exact) mass is 230 g/mol. The van der Waals surface area contributed by atoms with Crippen LogP contribution in [0.3, 0.4) is 0 Å². The average molecular weight is 230 g/mol. The zero-order valence-corrected chi connectivity index (χ0v) is 10.8. The third-order valence-corrected chi connectivity index (χ3v) is 3.49. The summed E-state index contributed by atoms with van der Waals surface area (Å²) in [7, 11) is 2.06. The molecule has 17 heavy (non-hydrogen) atoms. The van der Waals surface area contributed by atoms with Gasteiger partial charge in [0.05, 0.1) is 24.2 Å². The van der Waals surface area contributed by atoms with Crippen molar-refractivity contribution in [3.8, 4) is 11.8 Å². The Kier molecular flexibility index (Phi) is 2.97. The van der Waals surface area contributed by atoms with E-state index >= 15 is 0 Å². The molecule has 1 heterocycles. The van der Waals surface area contributed by atoms with Gasteiger partial charge in [0.15, 0.2) is 0 Å². The molecule has 2 atom stereocenters. The molecule has 1 aliphatic heterocycles. The van der Waals surface area contributed by atoms with E-state index in [0.29, 0.717) is 6.42 Å². The number of aryl methyl sites for hydroxylation is 2. The standard InChI is InChI=1S/C14H18N2O/c1-9-7-10(2)14-12(8-9)16(4)11(3)13(17-14)5-6-15/h7-8,11,13H,5H2,1-4H3. The first-order valence-electron chi connectivity index (χ1n) is 5.92. The molecule has 0 saturated heterocycles. The maximum absolute atomic E-state index is 8.84. The van der Waals surface area contributed by atoms with Crippen LogP contribution in [0.25, 0.3) is 0 Å². The molecule has 0 saturated carbocycles. The van der Waals surface area contributed by atoms with Crippen LogP contribution in [0.1, 0.15) is 24.5 Å². The van der Waals surface area contributed by atoms with Crippen LogP contribution in [0.15, 0.2) is 12.1 Å². The Hall–Kier alpha value is -1.69. The minimum absolute atomic E-state index is 0.0427. The number of rotatable bonds is 1. The summed E-state index contributed by atoms with van der Waals surface area (Å²) in [5, 5.41) is 8.84. The summed E-state index contributed by atoms with van der Waals surface area (Å²) in [6.07, 6.45) is 0.386. The fourth-order valence-corrected chi connectivity index (χ4v) is 2.37. The molecule has 1 aromatic carbocycles. The number of hydrogen-bond acceptors (Lipinski definition) is 3. The van der Waals surface area contributed by atoms with Crippen LogP contribution in [-0.4, -0.2) is 19.2 Å². The van der Waals surface area contributed by atoms with E-state index in [9.17, 15) is 0 Å². The Morgan fingerprint density at radius 3 is 2.76 bits per heavy atom. The number of anilines is 1. The molecule has 0 aromatic heterocycles. The number of nitrogens with zero attached hydrogens (tertiary/aromatic N) is 2. The predicted molar refractivity (Wildman–Crippen MR) is 68.4 cm³/mol. The summed E-state index contributed by atoms with van der Waals surface area (Å²) in [5.41, 5.74) is 3.51. The van der Waals surface area contributed by atoms with Crippen molar-refractivity contribution in [2.75, 3.05) is 11.9 Å². The largest absolute Gasteiger partial charge is 0.485 e. The first-order valence-corrected chi connectivity index (χ1v) is 5.92. The molecule has 0 aliphatic carbocycles. The van der Waals surface area contributed by atoms with Gasteiger partial charge in [0.1, 0.15) is 11.9 Å². The lowest BCUT2D eigenvalue weighted by Gasteiger charge is -2.39. The minimum Gasteiger partial charge on any atom is -0.485 e. The van der Waals surface area contributed by atoms with Crippen LogP contribution in [0, 0.1) is 25.2 Å². The molecule has 90 valence electrons. The van der Waals surface area contributed by atoms with Crippen molar-refractivity contribution < 1.29 is 4.74 Å². The van der Waals surface area contributed by atoms with Gasteiger partial charge in [-0.3, -0.25) is 0 Å². The Morgan fingerprint density at radius 2 is 2.12 bits per heavy atom. The molecule has 0 N–H and O–H groups in total. The number of ether oxygens (including phenoxy) is 1. The molecule has 1 aliphatic rings. The topological polar surface area (TPSA) is 36.3 Å². The van der Waals surface area contributed by atoms with Gasteiger partial charge in [0, 0.05) is 7.05 Å². The van der Waals surface area contributed by atoms with Crippen molar-refractivity contribution in [1.29, 1.82) is 5.26 Å². The van der Waals surface area contributed by atoms with Crippen molar-refractivity contribution in [1.82, 2.24) is 0 Å². The zero-order valence-electron chi connectivity index (χ0n) is 10.8. The van der Waals surface area contributed by atoms with Crippen molar-refractivity contribution in [2.24, 2.45) is 0 Å². The van der Waals surface area contributed by atoms with Crippen molar-refractivity contribution in [3.63, 3.8) is 0 Å². The summed E-state index contributed by atoms with van der Waals surface area (Å²) < 4.78 is 5.98. The number of benzene rings is 1. The van der Waals surface area contributed by atoms with E-state index in [2.05, 4.69) is 50.9 Å². The smallest absolute Gasteiger partial charge is 0.146 e. The number of hydrogen-bond donors (Lipinski definition) is 0. The lowest BCUT2D eigenvalue weighted by Crippen LogP contribution is -2.46. The van der Waals surface area contributed by atoms with Crippen LogP contribution in [0.5, 0.6) is 5.75 Å². The second kappa shape index (κ2) is 4.29. The van der Waals surface area contributed by atoms with E-state index in [1.54, 1.807) is 0 Å². The predicted octanol–water partition coefficient (Wildman–Crippen LogP) is 2.80. The summed E-state index contributed by atoms with van der Waals surface area (Å²) in [5.74, 6) is 0.927. The summed E-state index contributed by atoms with van der Waals surface area (Å²) in [6.45, 7) is 6.24. The second-order valence-corrected chi connectivity index (χ2v) is 4.80. The van der Waals surface area contributed by atoms with Crippen molar-refractivity contribution >= 4 is 5.69 Å². The van der Waals surface area contributed by atoms with E-state index < -0.39 is 0 Å². The Balaban J connectivity index is 2.46. The van der Waals surface area contributed by atoms with Gasteiger partial charge in [-0.05, 0) is 38.0 Å². The van der Waals surface area contributed by atoms with Gasteiger partial charge in [-0.1, -0.05) is 6.07 Å². The zero-order chi connectivity index (χ0) is 12.6. The van der Waals surface area contributed by atoms with Gasteiger partial charge >= 0.3 is 0 Å². The minimum atomic E-state index is -0.0427. The van der Waals surface area contributed by atoms with Crippen molar-refractivity contribution in [2.45, 2.75) is 39.3 Å². The van der Waals surface area contributed by atoms with Gasteiger partial charge in [-0.2, -0.15) is 5.26 Å². The van der Waals surface area contributed by atoms with E-state index in [0.717, 1.165) is 17.0 Å². The maximum atomic E-state index is 8.84. The van der Waals surface area contributed by atoms with E-state index in [-0.39, 0.29) is 12.1 Å². The molecule has 1 aromatic rings. The molecule has 3 heteroatoms. The van der Waals surface area contributed by atoms with E-state index in [4.69, 9.17) is 10.00 Å². The van der Waals surface area contributed by atoms with E-state index in [1.807, 2.05) is 0 Å². The number of likely N-dealkylation sites (N-methyl/N-ethyl adjacent to an activating group) is 1. The first-order chi connectivity index (χ1) is 8.04. The average Bonchev–Trinajstić information content (AvgIpc) is 2.27. The molecular weight excluding hydrogens is 212 g/mol. The molecule has 3 nitrogen and oxygen atoms in total. The highest BCUT2D eigenvalue weighted by atomic mass is 16.5. The maximum Gasteiger partial charge on any atom is 0.146 e. The highest BCUT2D eigenvalue weighted by molar-refractivity contribution is 5.65. The van der Waals surface area contributed by atoms with Crippen LogP contribution in [-0.2, 0) is 0 Å². The molecule has 0 amide bonds. The highest BCUT2D eigenvalue weighted by Crippen LogP contribution is 2.39. The first kappa shape index (κ1) is 11.8. The third kappa shape index (κ3) is 1.95. The lowest BCUT2D eigenvalue weighted by molar-refractivity contribution is 0.164. The normalized spacial score (nSPS) is 22.6. The summed E-state index contributed by atoms with van der Waals surface area (Å²) in [4.78, 5) is 2.21. The van der Waals surface area contributed by atoms with Gasteiger partial charge in [0.2, 0.25) is 0 Å². The Bertz CT molecular complexity index is 476. The Morgan fingerprint density at radius 1 is 1.41 bits per heavy atom. The van der Waals surface area contributed by atoms with Crippen LogP contribution < -0.4 is 9.64 Å². The van der Waals surface area contributed by atoms with E-state index in [1.165, 1.54) is 5.56 Å². The van der Waals surface area contributed by atoms with Crippen molar-refractivity contribution in [3.05, 3.63) is 23.3 Å². The van der Waals surface area contributed by atoms with Gasteiger partial charge in [-0.15, -0.1) is 0 Å². The summed E-state index contributed by atoms with van der Waals surface area (Å²) in [6, 6.07) is 6.68. The van der Waals surface area contributed by atoms with Crippen LogP contribution in [0.4, 0.5) is 5.69 Å². The molecule has 0 radical (unpaired) electrons. The summed E-state index contributed by atoms with van der Waals surface area (Å²) >= 11 is 0. The lowest BCUT2D eigenvalue weighted by atomic mass is 10.0. The fourth-order valence-electron chi connectivity index (χ4n) is 2.37. The molecule has 0 bridgehead atoms. The highest BCUT2D eigenvalue weighted by Gasteiger charge is 2.31. The van der Waals surface area contributed by atoms with Crippen LogP contribution in [0.2, 0.25) is 0 Å². The SMILES string of the molecule is Cc1cc(C)c2c(c1)N(C)C(C)C(CC#N)O2. The molecule has 0 spiro atoms. The fraction of sp³-hybridized carbons (Fsp3) is 0.500. The molecule has 2 unspecified atom stereocenters.